The number of aromatic hydroxyl groups is 1. The molecule has 0 saturated heterocycles. The Bertz CT molecular complexity index is 695. The van der Waals surface area contributed by atoms with Crippen molar-refractivity contribution in [2.45, 2.75) is 6.54 Å². The van der Waals surface area contributed by atoms with Crippen LogP contribution in [0, 0.1) is 5.82 Å². The Hall–Kier alpha value is -2.41. The fourth-order valence-corrected chi connectivity index (χ4v) is 2.13. The van der Waals surface area contributed by atoms with Crippen LogP contribution in [0.2, 0.25) is 0 Å². The summed E-state index contributed by atoms with van der Waals surface area (Å²) in [6, 6.07) is 4.19. The van der Waals surface area contributed by atoms with E-state index >= 15 is 0 Å². The first kappa shape index (κ1) is 15.0. The highest BCUT2D eigenvalue weighted by atomic mass is 19.1. The van der Waals surface area contributed by atoms with Crippen LogP contribution in [0.5, 0.6) is 5.75 Å². The molecule has 6 nitrogen and oxygen atoms in total. The minimum atomic E-state index is -1.18. The maximum atomic E-state index is 13.9. The number of carboxylic acid groups (broad SMARTS) is 1. The number of aromatic carboxylic acids is 1. The molecule has 1 aromatic heterocycles. The molecule has 1 heterocycles. The minimum Gasteiger partial charge on any atom is -0.504 e. The fraction of sp³-hybridized carbons (Fsp3) is 0.286. The van der Waals surface area contributed by atoms with Crippen molar-refractivity contribution < 1.29 is 19.4 Å². The Morgan fingerprint density at radius 3 is 2.57 bits per heavy atom. The number of carboxylic acids is 1. The zero-order valence-electron chi connectivity index (χ0n) is 12.0. The van der Waals surface area contributed by atoms with E-state index in [1.165, 1.54) is 23.9 Å². The van der Waals surface area contributed by atoms with Crippen LogP contribution in [0.25, 0.3) is 11.3 Å². The van der Waals surface area contributed by atoms with Gasteiger partial charge in [0.2, 0.25) is 0 Å². The highest BCUT2D eigenvalue weighted by Crippen LogP contribution is 2.33. The van der Waals surface area contributed by atoms with E-state index in [-0.39, 0.29) is 11.3 Å². The van der Waals surface area contributed by atoms with E-state index < -0.39 is 17.5 Å². The Labute approximate surface area is 121 Å². The number of hydrogen-bond donors (Lipinski definition) is 2. The summed E-state index contributed by atoms with van der Waals surface area (Å²) in [6.45, 7) is 0.494. The summed E-state index contributed by atoms with van der Waals surface area (Å²) >= 11 is 0. The number of carbonyl (C=O) groups is 1. The lowest BCUT2D eigenvalue weighted by Gasteiger charge is -2.13. The van der Waals surface area contributed by atoms with Crippen molar-refractivity contribution in [1.82, 2.24) is 14.7 Å². The number of nitrogens with zero attached hydrogens (tertiary/aromatic N) is 3. The molecule has 0 aliphatic rings. The normalized spacial score (nSPS) is 11.1. The number of benzene rings is 1. The van der Waals surface area contributed by atoms with Crippen LogP contribution in [0.1, 0.15) is 16.1 Å². The van der Waals surface area contributed by atoms with Gasteiger partial charge in [-0.05, 0) is 37.9 Å². The average molecular weight is 293 g/mol. The zero-order chi connectivity index (χ0) is 15.7. The Morgan fingerprint density at radius 1 is 1.38 bits per heavy atom. The second kappa shape index (κ2) is 5.53. The third-order valence-corrected chi connectivity index (χ3v) is 3.00. The van der Waals surface area contributed by atoms with Crippen molar-refractivity contribution in [2.24, 2.45) is 7.05 Å². The van der Waals surface area contributed by atoms with Crippen molar-refractivity contribution in [2.75, 3.05) is 14.1 Å². The van der Waals surface area contributed by atoms with Crippen LogP contribution >= 0.6 is 0 Å². The second-order valence-electron chi connectivity index (χ2n) is 5.06. The van der Waals surface area contributed by atoms with Crippen LogP contribution in [-0.4, -0.2) is 45.0 Å². The molecule has 7 heteroatoms. The van der Waals surface area contributed by atoms with Gasteiger partial charge < -0.3 is 15.1 Å². The van der Waals surface area contributed by atoms with Crippen LogP contribution in [0.4, 0.5) is 4.39 Å². The molecule has 21 heavy (non-hydrogen) atoms. The maximum absolute atomic E-state index is 13.9. The molecule has 0 bridgehead atoms. The third kappa shape index (κ3) is 3.03. The van der Waals surface area contributed by atoms with Crippen LogP contribution in [-0.2, 0) is 13.6 Å². The van der Waals surface area contributed by atoms with Gasteiger partial charge in [-0.2, -0.15) is 5.10 Å². The molecule has 0 radical (unpaired) electrons. The topological polar surface area (TPSA) is 78.6 Å². The SMILES string of the molecule is CN(C)Cc1cc(F)c(O)c(-c2cc(C(=O)O)nn2C)c1. The standard InChI is InChI=1S/C14H16FN3O3/c1-17(2)7-8-4-9(13(19)10(15)5-8)12-6-11(14(20)21)16-18(12)3/h4-6,19H,7H2,1-3H3,(H,20,21). The molecular weight excluding hydrogens is 277 g/mol. The molecule has 0 unspecified atom stereocenters. The molecular formula is C14H16FN3O3. The summed E-state index contributed by atoms with van der Waals surface area (Å²) in [7, 11) is 5.23. The average Bonchev–Trinajstić information content (AvgIpc) is 2.75. The highest BCUT2D eigenvalue weighted by molar-refractivity contribution is 5.87. The predicted octanol–water partition coefficient (Wildman–Crippen LogP) is 1.69. The lowest BCUT2D eigenvalue weighted by Crippen LogP contribution is -2.11. The van der Waals surface area contributed by atoms with Gasteiger partial charge in [-0.3, -0.25) is 4.68 Å². The molecule has 2 N–H and O–H groups in total. The first-order valence-corrected chi connectivity index (χ1v) is 6.23. The van der Waals surface area contributed by atoms with Gasteiger partial charge in [-0.15, -0.1) is 0 Å². The van der Waals surface area contributed by atoms with Crippen molar-refractivity contribution in [3.63, 3.8) is 0 Å². The molecule has 0 fully saturated rings. The molecule has 0 atom stereocenters. The predicted molar refractivity (Wildman–Crippen MR) is 74.6 cm³/mol. The first-order valence-electron chi connectivity index (χ1n) is 6.23. The van der Waals surface area contributed by atoms with E-state index in [0.29, 0.717) is 17.8 Å². The van der Waals surface area contributed by atoms with Crippen molar-refractivity contribution in [1.29, 1.82) is 0 Å². The van der Waals surface area contributed by atoms with Crippen LogP contribution < -0.4 is 0 Å². The van der Waals surface area contributed by atoms with Gasteiger partial charge in [-0.25, -0.2) is 9.18 Å². The van der Waals surface area contributed by atoms with E-state index in [2.05, 4.69) is 5.10 Å². The van der Waals surface area contributed by atoms with Gasteiger partial charge in [0.05, 0.1) is 5.69 Å². The molecule has 0 aliphatic heterocycles. The van der Waals surface area contributed by atoms with Crippen LogP contribution in [0.15, 0.2) is 18.2 Å². The van der Waals surface area contributed by atoms with E-state index in [1.54, 1.807) is 6.07 Å². The molecule has 2 aromatic rings. The summed E-state index contributed by atoms with van der Waals surface area (Å²) in [5.74, 6) is -2.44. The number of aryl methyl sites for hydroxylation is 1. The summed E-state index contributed by atoms with van der Waals surface area (Å²) in [5.41, 5.74) is 1.06. The number of halogens is 1. The molecule has 2 rings (SSSR count). The van der Waals surface area contributed by atoms with E-state index in [4.69, 9.17) is 5.11 Å². The van der Waals surface area contributed by atoms with Crippen molar-refractivity contribution >= 4 is 5.97 Å². The van der Waals surface area contributed by atoms with Gasteiger partial charge in [0.15, 0.2) is 17.3 Å². The van der Waals surface area contributed by atoms with Gasteiger partial charge in [0, 0.05) is 19.2 Å². The fourth-order valence-electron chi connectivity index (χ4n) is 2.13. The summed E-state index contributed by atoms with van der Waals surface area (Å²) in [4.78, 5) is 12.8. The lowest BCUT2D eigenvalue weighted by atomic mass is 10.1. The monoisotopic (exact) mass is 293 g/mol. The molecule has 1 aromatic carbocycles. The first-order chi connectivity index (χ1) is 9.79. The van der Waals surface area contributed by atoms with E-state index in [0.717, 1.165) is 0 Å². The highest BCUT2D eigenvalue weighted by Gasteiger charge is 2.18. The molecule has 0 amide bonds. The van der Waals surface area contributed by atoms with E-state index in [1.807, 2.05) is 19.0 Å². The number of phenolic OH excluding ortho intramolecular Hbond substituents is 1. The maximum Gasteiger partial charge on any atom is 0.356 e. The number of aromatic nitrogens is 2. The number of hydrogen-bond acceptors (Lipinski definition) is 4. The second-order valence-corrected chi connectivity index (χ2v) is 5.06. The largest absolute Gasteiger partial charge is 0.504 e. The Kier molecular flexibility index (Phi) is 3.95. The Morgan fingerprint density at radius 2 is 2.05 bits per heavy atom. The molecule has 112 valence electrons. The Balaban J connectivity index is 2.57. The zero-order valence-corrected chi connectivity index (χ0v) is 12.0. The lowest BCUT2D eigenvalue weighted by molar-refractivity contribution is 0.0689. The van der Waals surface area contributed by atoms with Gasteiger partial charge in [0.25, 0.3) is 0 Å². The smallest absolute Gasteiger partial charge is 0.356 e. The van der Waals surface area contributed by atoms with Crippen molar-refractivity contribution in [3.05, 3.63) is 35.3 Å². The van der Waals surface area contributed by atoms with Crippen molar-refractivity contribution in [3.8, 4) is 17.0 Å². The van der Waals surface area contributed by atoms with Gasteiger partial charge in [0.1, 0.15) is 0 Å². The van der Waals surface area contributed by atoms with Crippen LogP contribution in [0.3, 0.4) is 0 Å². The van der Waals surface area contributed by atoms with Gasteiger partial charge >= 0.3 is 5.97 Å². The molecule has 0 aliphatic carbocycles. The summed E-state index contributed by atoms with van der Waals surface area (Å²) in [6.07, 6.45) is 0. The van der Waals surface area contributed by atoms with E-state index in [9.17, 15) is 14.3 Å². The molecule has 0 saturated carbocycles. The molecule has 0 spiro atoms. The number of phenols is 1. The summed E-state index contributed by atoms with van der Waals surface area (Å²) in [5, 5.41) is 22.7. The third-order valence-electron chi connectivity index (χ3n) is 3.00. The number of rotatable bonds is 4. The van der Waals surface area contributed by atoms with Gasteiger partial charge in [-0.1, -0.05) is 0 Å². The summed E-state index contributed by atoms with van der Waals surface area (Å²) < 4.78 is 15.2. The minimum absolute atomic E-state index is 0.162. The quantitative estimate of drug-likeness (QED) is 0.897.